The molecule has 7 heteroatoms. The number of hydrogen-bond acceptors (Lipinski definition) is 3. The van der Waals surface area contributed by atoms with Gasteiger partial charge in [-0.2, -0.15) is 0 Å². The van der Waals surface area contributed by atoms with Gasteiger partial charge in [0.2, 0.25) is 0 Å². The SMILES string of the molecule is CN=C(NCCc1cccc(C(=O)N(C)C)c1)NCc1ccc(COC(C)C)cc1.I. The van der Waals surface area contributed by atoms with Crippen molar-refractivity contribution in [3.8, 4) is 0 Å². The number of amides is 1. The minimum Gasteiger partial charge on any atom is -0.374 e. The fourth-order valence-corrected chi connectivity index (χ4v) is 2.87. The van der Waals surface area contributed by atoms with Crippen molar-refractivity contribution >= 4 is 35.8 Å². The third-order valence-electron chi connectivity index (χ3n) is 4.58. The number of rotatable bonds is 9. The Labute approximate surface area is 203 Å². The highest BCUT2D eigenvalue weighted by Gasteiger charge is 2.08. The number of hydrogen-bond donors (Lipinski definition) is 2. The predicted molar refractivity (Wildman–Crippen MR) is 138 cm³/mol. The molecule has 31 heavy (non-hydrogen) atoms. The van der Waals surface area contributed by atoms with Crippen LogP contribution in [-0.2, 0) is 24.3 Å². The number of benzene rings is 2. The number of nitrogens with one attached hydrogen (secondary N) is 2. The van der Waals surface area contributed by atoms with Gasteiger partial charge in [-0.1, -0.05) is 36.4 Å². The maximum Gasteiger partial charge on any atom is 0.253 e. The largest absolute Gasteiger partial charge is 0.374 e. The number of aliphatic imine (C=N–C) groups is 1. The van der Waals surface area contributed by atoms with Crippen molar-refractivity contribution in [1.29, 1.82) is 0 Å². The van der Waals surface area contributed by atoms with Gasteiger partial charge in [0.05, 0.1) is 12.7 Å². The smallest absolute Gasteiger partial charge is 0.253 e. The number of nitrogens with zero attached hydrogens (tertiary/aromatic N) is 2. The topological polar surface area (TPSA) is 66.0 Å². The molecule has 2 rings (SSSR count). The van der Waals surface area contributed by atoms with Crippen LogP contribution in [0.25, 0.3) is 0 Å². The van der Waals surface area contributed by atoms with Crippen molar-refractivity contribution in [2.45, 2.75) is 39.5 Å². The Morgan fingerprint density at radius 2 is 1.71 bits per heavy atom. The second-order valence-corrected chi connectivity index (χ2v) is 7.68. The fraction of sp³-hybridized carbons (Fsp3) is 0.417. The van der Waals surface area contributed by atoms with Crippen LogP contribution in [0.3, 0.4) is 0 Å². The molecular formula is C24H35IN4O2. The molecule has 0 atom stereocenters. The molecule has 0 aromatic heterocycles. The summed E-state index contributed by atoms with van der Waals surface area (Å²) in [4.78, 5) is 18.0. The summed E-state index contributed by atoms with van der Waals surface area (Å²) in [6, 6.07) is 16.2. The quantitative estimate of drug-likeness (QED) is 0.290. The molecule has 0 fully saturated rings. The lowest BCUT2D eigenvalue weighted by Gasteiger charge is -2.13. The molecule has 0 aliphatic rings. The maximum absolute atomic E-state index is 12.1. The van der Waals surface area contributed by atoms with E-state index < -0.39 is 0 Å². The molecule has 0 spiro atoms. The molecule has 170 valence electrons. The minimum atomic E-state index is 0. The first-order valence-electron chi connectivity index (χ1n) is 10.3. The number of halogens is 1. The fourth-order valence-electron chi connectivity index (χ4n) is 2.87. The first kappa shape index (κ1) is 26.9. The highest BCUT2D eigenvalue weighted by molar-refractivity contribution is 14.0. The lowest BCUT2D eigenvalue weighted by atomic mass is 10.1. The van der Waals surface area contributed by atoms with Crippen LogP contribution in [0.4, 0.5) is 0 Å². The van der Waals surface area contributed by atoms with Crippen molar-refractivity contribution in [1.82, 2.24) is 15.5 Å². The Morgan fingerprint density at radius 1 is 1.03 bits per heavy atom. The second kappa shape index (κ2) is 14.0. The molecule has 2 N–H and O–H groups in total. The molecule has 2 aromatic rings. The van der Waals surface area contributed by atoms with Gasteiger partial charge >= 0.3 is 0 Å². The van der Waals surface area contributed by atoms with E-state index in [1.807, 2.05) is 38.1 Å². The summed E-state index contributed by atoms with van der Waals surface area (Å²) in [5, 5.41) is 6.66. The van der Waals surface area contributed by atoms with Crippen molar-refractivity contribution in [3.63, 3.8) is 0 Å². The van der Waals surface area contributed by atoms with E-state index in [-0.39, 0.29) is 36.0 Å². The van der Waals surface area contributed by atoms with Gasteiger partial charge < -0.3 is 20.3 Å². The Balaban J connectivity index is 0.00000480. The molecule has 2 aromatic carbocycles. The molecule has 0 saturated heterocycles. The monoisotopic (exact) mass is 538 g/mol. The zero-order valence-corrected chi connectivity index (χ0v) is 21.5. The van der Waals surface area contributed by atoms with Crippen LogP contribution >= 0.6 is 24.0 Å². The Hall–Kier alpha value is -2.13. The highest BCUT2D eigenvalue weighted by Crippen LogP contribution is 2.08. The van der Waals surface area contributed by atoms with E-state index in [1.54, 1.807) is 26.0 Å². The predicted octanol–water partition coefficient (Wildman–Crippen LogP) is 3.84. The van der Waals surface area contributed by atoms with Gasteiger partial charge in [0, 0.05) is 39.8 Å². The normalized spacial score (nSPS) is 11.1. The van der Waals surface area contributed by atoms with Crippen molar-refractivity contribution in [3.05, 3.63) is 70.8 Å². The van der Waals surface area contributed by atoms with Gasteiger partial charge in [-0.15, -0.1) is 24.0 Å². The van der Waals surface area contributed by atoms with Crippen LogP contribution in [0.2, 0.25) is 0 Å². The summed E-state index contributed by atoms with van der Waals surface area (Å²) >= 11 is 0. The molecule has 0 saturated carbocycles. The van der Waals surface area contributed by atoms with Crippen molar-refractivity contribution in [2.75, 3.05) is 27.7 Å². The van der Waals surface area contributed by atoms with Crippen LogP contribution in [0.5, 0.6) is 0 Å². The molecule has 0 radical (unpaired) electrons. The van der Waals surface area contributed by atoms with Crippen LogP contribution in [-0.4, -0.2) is 50.6 Å². The standard InChI is InChI=1S/C24H34N4O2.HI/c1-18(2)30-17-21-11-9-20(10-12-21)16-27-24(25-3)26-14-13-19-7-6-8-22(15-19)23(29)28(4)5;/h6-12,15,18H,13-14,16-17H2,1-5H3,(H2,25,26,27);1H. The second-order valence-electron chi connectivity index (χ2n) is 7.68. The first-order valence-corrected chi connectivity index (χ1v) is 10.3. The van der Waals surface area contributed by atoms with Gasteiger partial charge in [0.15, 0.2) is 5.96 Å². The lowest BCUT2D eigenvalue weighted by Crippen LogP contribution is -2.37. The maximum atomic E-state index is 12.1. The molecule has 0 aliphatic carbocycles. The van der Waals surface area contributed by atoms with Gasteiger partial charge in [-0.05, 0) is 49.1 Å². The first-order chi connectivity index (χ1) is 14.4. The van der Waals surface area contributed by atoms with E-state index in [0.717, 1.165) is 24.5 Å². The zero-order valence-electron chi connectivity index (χ0n) is 19.1. The third kappa shape index (κ3) is 9.69. The minimum absolute atomic E-state index is 0. The summed E-state index contributed by atoms with van der Waals surface area (Å²) in [5.74, 6) is 0.770. The van der Waals surface area contributed by atoms with E-state index in [9.17, 15) is 4.79 Å². The summed E-state index contributed by atoms with van der Waals surface area (Å²) in [5.41, 5.74) is 4.18. The number of carbonyl (C=O) groups excluding carboxylic acids is 1. The molecule has 6 nitrogen and oxygen atoms in total. The summed E-state index contributed by atoms with van der Waals surface area (Å²) in [6.45, 7) is 6.13. The van der Waals surface area contributed by atoms with Crippen LogP contribution in [0, 0.1) is 0 Å². The van der Waals surface area contributed by atoms with Crippen LogP contribution < -0.4 is 10.6 Å². The van der Waals surface area contributed by atoms with Crippen molar-refractivity contribution in [2.24, 2.45) is 4.99 Å². The number of carbonyl (C=O) groups is 1. The van der Waals surface area contributed by atoms with E-state index >= 15 is 0 Å². The van der Waals surface area contributed by atoms with E-state index in [4.69, 9.17) is 4.74 Å². The Kier molecular flexibility index (Phi) is 12.2. The summed E-state index contributed by atoms with van der Waals surface area (Å²) in [6.07, 6.45) is 1.04. The Morgan fingerprint density at radius 3 is 2.32 bits per heavy atom. The summed E-state index contributed by atoms with van der Waals surface area (Å²) < 4.78 is 5.63. The van der Waals surface area contributed by atoms with Gasteiger partial charge in [-0.3, -0.25) is 9.79 Å². The average molecular weight is 538 g/mol. The van der Waals surface area contributed by atoms with Gasteiger partial charge in [0.1, 0.15) is 0 Å². The molecule has 0 aliphatic heterocycles. The van der Waals surface area contributed by atoms with Gasteiger partial charge in [0.25, 0.3) is 5.91 Å². The molecule has 0 bridgehead atoms. The molecule has 0 unspecified atom stereocenters. The van der Waals surface area contributed by atoms with E-state index in [2.05, 4.69) is 39.9 Å². The Bertz CT molecular complexity index is 836. The third-order valence-corrected chi connectivity index (χ3v) is 4.58. The van der Waals surface area contributed by atoms with Crippen LogP contribution in [0.15, 0.2) is 53.5 Å². The number of guanidine groups is 1. The molecule has 0 heterocycles. The lowest BCUT2D eigenvalue weighted by molar-refractivity contribution is 0.0657. The van der Waals surface area contributed by atoms with Crippen molar-refractivity contribution < 1.29 is 9.53 Å². The van der Waals surface area contributed by atoms with E-state index in [0.29, 0.717) is 18.7 Å². The number of ether oxygens (including phenoxy) is 1. The molecular weight excluding hydrogens is 503 g/mol. The zero-order chi connectivity index (χ0) is 21.9. The average Bonchev–Trinajstić information content (AvgIpc) is 2.75. The van der Waals surface area contributed by atoms with Crippen LogP contribution in [0.1, 0.15) is 40.9 Å². The highest BCUT2D eigenvalue weighted by atomic mass is 127. The van der Waals surface area contributed by atoms with E-state index in [1.165, 1.54) is 11.1 Å². The summed E-state index contributed by atoms with van der Waals surface area (Å²) in [7, 11) is 5.29. The van der Waals surface area contributed by atoms with Gasteiger partial charge in [-0.25, -0.2) is 0 Å². The molecule has 1 amide bonds.